The monoisotopic (exact) mass is 524 g/mol. The molecule has 1 aliphatic heterocycles. The molecule has 2 heterocycles. The number of amides is 3. The lowest BCUT2D eigenvalue weighted by molar-refractivity contribution is -0.117. The van der Waals surface area contributed by atoms with Crippen molar-refractivity contribution in [2.45, 2.75) is 0 Å². The maximum atomic E-state index is 13.5. The van der Waals surface area contributed by atoms with E-state index in [9.17, 15) is 18.8 Å². The molecule has 0 unspecified atom stereocenters. The molecule has 37 heavy (non-hydrogen) atoms. The van der Waals surface area contributed by atoms with Gasteiger partial charge in [0.05, 0.1) is 11.5 Å². The Hall–Kier alpha value is -3.76. The molecule has 1 aliphatic rings. The van der Waals surface area contributed by atoms with Gasteiger partial charge in [0.2, 0.25) is 5.91 Å². The Kier molecular flexibility index (Phi) is 8.86. The molecule has 0 aliphatic carbocycles. The van der Waals surface area contributed by atoms with Crippen LogP contribution in [0.2, 0.25) is 0 Å². The van der Waals surface area contributed by atoms with Gasteiger partial charge in [-0.05, 0) is 53.9 Å². The van der Waals surface area contributed by atoms with Gasteiger partial charge in [0.1, 0.15) is 12.4 Å². The number of hydrogen-bond donors (Lipinski definition) is 1. The summed E-state index contributed by atoms with van der Waals surface area (Å²) in [6.45, 7) is 2.92. The third kappa shape index (κ3) is 6.93. The highest BCUT2D eigenvalue weighted by atomic mass is 32.1. The van der Waals surface area contributed by atoms with Gasteiger partial charge in [-0.25, -0.2) is 4.39 Å². The van der Waals surface area contributed by atoms with Crippen LogP contribution in [0.15, 0.2) is 66.0 Å². The number of anilines is 2. The van der Waals surface area contributed by atoms with Crippen LogP contribution < -0.4 is 10.2 Å². The van der Waals surface area contributed by atoms with Gasteiger partial charge in [-0.15, -0.1) is 11.3 Å². The van der Waals surface area contributed by atoms with Crippen molar-refractivity contribution < 1.29 is 23.5 Å². The van der Waals surface area contributed by atoms with Crippen LogP contribution in [0.4, 0.5) is 15.8 Å². The summed E-state index contributed by atoms with van der Waals surface area (Å²) in [5.74, 6) is -1.09. The van der Waals surface area contributed by atoms with Crippen molar-refractivity contribution in [2.75, 3.05) is 63.2 Å². The second kappa shape index (κ2) is 12.5. The zero-order chi connectivity index (χ0) is 26.2. The van der Waals surface area contributed by atoms with Crippen molar-refractivity contribution in [3.05, 3.63) is 82.3 Å². The van der Waals surface area contributed by atoms with Crippen molar-refractivity contribution in [2.24, 2.45) is 0 Å². The maximum Gasteiger partial charge on any atom is 0.264 e. The molecule has 0 atom stereocenters. The molecule has 0 radical (unpaired) electrons. The average Bonchev–Trinajstić information content (AvgIpc) is 3.46. The Balaban J connectivity index is 1.29. The van der Waals surface area contributed by atoms with E-state index in [0.29, 0.717) is 55.5 Å². The van der Waals surface area contributed by atoms with Crippen LogP contribution in [0.5, 0.6) is 0 Å². The third-order valence-corrected chi connectivity index (χ3v) is 6.93. The summed E-state index contributed by atoms with van der Waals surface area (Å²) in [6.07, 6.45) is 0. The first-order valence-corrected chi connectivity index (χ1v) is 12.8. The van der Waals surface area contributed by atoms with Gasteiger partial charge in [0.25, 0.3) is 11.8 Å². The molecular weight excluding hydrogens is 495 g/mol. The molecule has 8 nitrogen and oxygen atoms in total. The van der Waals surface area contributed by atoms with Crippen LogP contribution in [0.1, 0.15) is 20.0 Å². The molecule has 1 fully saturated rings. The lowest BCUT2D eigenvalue weighted by Crippen LogP contribution is -2.48. The van der Waals surface area contributed by atoms with E-state index >= 15 is 0 Å². The lowest BCUT2D eigenvalue weighted by Gasteiger charge is -2.36. The first-order chi connectivity index (χ1) is 17.9. The first-order valence-electron chi connectivity index (χ1n) is 12.0. The van der Waals surface area contributed by atoms with Gasteiger partial charge in [-0.2, -0.15) is 0 Å². The molecule has 0 spiro atoms. The number of carbonyl (C=O) groups is 3. The summed E-state index contributed by atoms with van der Waals surface area (Å²) >= 11 is 1.33. The van der Waals surface area contributed by atoms with Gasteiger partial charge in [-0.3, -0.25) is 14.4 Å². The summed E-state index contributed by atoms with van der Waals surface area (Å²) in [7, 11) is 1.55. The molecule has 1 aromatic heterocycles. The number of hydrogen-bond acceptors (Lipinski definition) is 6. The van der Waals surface area contributed by atoms with Gasteiger partial charge >= 0.3 is 0 Å². The van der Waals surface area contributed by atoms with E-state index in [-0.39, 0.29) is 24.3 Å². The van der Waals surface area contributed by atoms with Crippen molar-refractivity contribution in [1.29, 1.82) is 0 Å². The van der Waals surface area contributed by atoms with Gasteiger partial charge in [-0.1, -0.05) is 12.1 Å². The highest BCUT2D eigenvalue weighted by Crippen LogP contribution is 2.21. The van der Waals surface area contributed by atoms with E-state index in [1.165, 1.54) is 34.4 Å². The maximum absolute atomic E-state index is 13.5. The summed E-state index contributed by atoms with van der Waals surface area (Å²) < 4.78 is 18.6. The molecule has 1 saturated heterocycles. The van der Waals surface area contributed by atoms with Gasteiger partial charge in [0.15, 0.2) is 0 Å². The first kappa shape index (κ1) is 26.3. The number of piperazine rings is 1. The quantitative estimate of drug-likeness (QED) is 0.463. The average molecular weight is 525 g/mol. The van der Waals surface area contributed by atoms with Crippen molar-refractivity contribution in [3.63, 3.8) is 0 Å². The Morgan fingerprint density at radius 1 is 1.03 bits per heavy atom. The second-order valence-corrected chi connectivity index (χ2v) is 9.53. The van der Waals surface area contributed by atoms with Gasteiger partial charge in [0, 0.05) is 56.8 Å². The molecule has 1 N–H and O–H groups in total. The van der Waals surface area contributed by atoms with E-state index in [4.69, 9.17) is 4.74 Å². The fraction of sp³-hybridized carbons (Fsp3) is 0.296. The number of nitrogens with zero attached hydrogens (tertiary/aromatic N) is 3. The highest BCUT2D eigenvalue weighted by Gasteiger charge is 2.23. The fourth-order valence-electron chi connectivity index (χ4n) is 4.11. The molecular formula is C27H29FN4O4S. The van der Waals surface area contributed by atoms with E-state index in [1.54, 1.807) is 30.2 Å². The van der Waals surface area contributed by atoms with Crippen LogP contribution in [0.25, 0.3) is 0 Å². The predicted molar refractivity (Wildman–Crippen MR) is 142 cm³/mol. The van der Waals surface area contributed by atoms with Crippen molar-refractivity contribution in [3.8, 4) is 0 Å². The Morgan fingerprint density at radius 2 is 1.78 bits per heavy atom. The number of methoxy groups -OCH3 is 1. The Bertz CT molecular complexity index is 1210. The van der Waals surface area contributed by atoms with Crippen LogP contribution >= 0.6 is 11.3 Å². The van der Waals surface area contributed by atoms with E-state index in [0.717, 1.165) is 5.69 Å². The van der Waals surface area contributed by atoms with Crippen LogP contribution in [0, 0.1) is 5.82 Å². The molecule has 10 heteroatoms. The molecule has 0 bridgehead atoms. The number of ether oxygens (including phenoxy) is 1. The van der Waals surface area contributed by atoms with E-state index in [2.05, 4.69) is 10.2 Å². The molecule has 4 rings (SSSR count). The summed E-state index contributed by atoms with van der Waals surface area (Å²) in [5, 5.41) is 4.68. The lowest BCUT2D eigenvalue weighted by atomic mass is 10.1. The number of nitrogens with one attached hydrogen (secondary N) is 1. The number of benzene rings is 2. The highest BCUT2D eigenvalue weighted by molar-refractivity contribution is 7.12. The topological polar surface area (TPSA) is 82.2 Å². The normalized spacial score (nSPS) is 13.4. The van der Waals surface area contributed by atoms with Crippen molar-refractivity contribution in [1.82, 2.24) is 9.80 Å². The zero-order valence-corrected chi connectivity index (χ0v) is 21.4. The molecule has 194 valence electrons. The molecule has 0 saturated carbocycles. The number of halogens is 1. The van der Waals surface area contributed by atoms with Crippen LogP contribution in [0.3, 0.4) is 0 Å². The SMILES string of the molecule is COCCN(CC(=O)Nc1ccc(N2CCN(C(=O)c3cccc(F)c3)CC2)cc1)C(=O)c1cccs1. The van der Waals surface area contributed by atoms with E-state index < -0.39 is 5.82 Å². The van der Waals surface area contributed by atoms with Crippen LogP contribution in [-0.2, 0) is 9.53 Å². The minimum atomic E-state index is -0.423. The number of rotatable bonds is 9. The molecule has 3 amide bonds. The summed E-state index contributed by atoms with van der Waals surface area (Å²) in [5.41, 5.74) is 1.96. The predicted octanol–water partition coefficient (Wildman–Crippen LogP) is 3.58. The minimum Gasteiger partial charge on any atom is -0.383 e. The fourth-order valence-corrected chi connectivity index (χ4v) is 4.80. The summed E-state index contributed by atoms with van der Waals surface area (Å²) in [6, 6.07) is 16.8. The van der Waals surface area contributed by atoms with E-state index in [1.807, 2.05) is 29.6 Å². The third-order valence-electron chi connectivity index (χ3n) is 6.07. The molecule has 2 aromatic carbocycles. The number of carbonyl (C=O) groups excluding carboxylic acids is 3. The standard InChI is InChI=1S/C27H29FN4O4S/c1-36-16-15-32(27(35)24-6-3-17-37-24)19-25(33)29-22-7-9-23(10-8-22)30-11-13-31(14-12-30)26(34)20-4-2-5-21(28)18-20/h2-10,17-18H,11-16,19H2,1H3,(H,29,33). The van der Waals surface area contributed by atoms with Gasteiger partial charge < -0.3 is 24.8 Å². The van der Waals surface area contributed by atoms with Crippen LogP contribution in [-0.4, -0.2) is 80.5 Å². The summed E-state index contributed by atoms with van der Waals surface area (Å²) in [4.78, 5) is 44.0. The number of thiophene rings is 1. The Morgan fingerprint density at radius 3 is 2.43 bits per heavy atom. The minimum absolute atomic E-state index is 0.0802. The Labute approximate surface area is 219 Å². The second-order valence-electron chi connectivity index (χ2n) is 8.58. The smallest absolute Gasteiger partial charge is 0.264 e. The zero-order valence-electron chi connectivity index (χ0n) is 20.6. The largest absolute Gasteiger partial charge is 0.383 e. The molecule has 3 aromatic rings. The van der Waals surface area contributed by atoms with Crippen molar-refractivity contribution >= 4 is 40.4 Å².